The first kappa shape index (κ1) is 19.6. The average molecular weight is 374 g/mol. The minimum absolute atomic E-state index is 0.0564. The summed E-state index contributed by atoms with van der Waals surface area (Å²) in [5.74, 6) is 0.944. The number of nitrogens with one attached hydrogen (secondary N) is 1. The van der Waals surface area contributed by atoms with E-state index in [0.29, 0.717) is 0 Å². The second kappa shape index (κ2) is 9.18. The van der Waals surface area contributed by atoms with Crippen molar-refractivity contribution in [3.63, 3.8) is 0 Å². The maximum atomic E-state index is 12.2. The molecule has 3 aromatic rings. The summed E-state index contributed by atoms with van der Waals surface area (Å²) in [5.41, 5.74) is 4.60. The Hall–Kier alpha value is -3.14. The van der Waals surface area contributed by atoms with Gasteiger partial charge in [-0.2, -0.15) is 0 Å². The normalized spacial score (nSPS) is 10.7. The Balaban J connectivity index is 1.80. The highest BCUT2D eigenvalue weighted by atomic mass is 16.5. The van der Waals surface area contributed by atoms with E-state index in [4.69, 9.17) is 9.72 Å². The summed E-state index contributed by atoms with van der Waals surface area (Å²) in [7, 11) is 1.66. The summed E-state index contributed by atoms with van der Waals surface area (Å²) in [5, 5.41) is 3.00. The highest BCUT2D eigenvalue weighted by Crippen LogP contribution is 2.26. The van der Waals surface area contributed by atoms with E-state index >= 15 is 0 Å². The molecule has 1 amide bonds. The van der Waals surface area contributed by atoms with E-state index in [9.17, 15) is 4.79 Å². The first-order valence-corrected chi connectivity index (χ1v) is 9.67. The number of benzene rings is 2. The third-order valence-electron chi connectivity index (χ3n) is 4.92. The van der Waals surface area contributed by atoms with E-state index in [0.717, 1.165) is 46.8 Å². The van der Waals surface area contributed by atoms with Crippen molar-refractivity contribution in [2.24, 2.45) is 5.92 Å². The second-order valence-corrected chi connectivity index (χ2v) is 6.72. The molecule has 0 atom stereocenters. The van der Waals surface area contributed by atoms with Crippen molar-refractivity contribution in [2.75, 3.05) is 12.4 Å². The van der Waals surface area contributed by atoms with Gasteiger partial charge in [-0.05, 0) is 49.2 Å². The summed E-state index contributed by atoms with van der Waals surface area (Å²) in [4.78, 5) is 17.0. The predicted molar refractivity (Wildman–Crippen MR) is 114 cm³/mol. The van der Waals surface area contributed by atoms with Crippen LogP contribution in [0.4, 0.5) is 5.69 Å². The van der Waals surface area contributed by atoms with Gasteiger partial charge in [-0.1, -0.05) is 44.2 Å². The molecule has 1 heterocycles. The number of amides is 1. The molecule has 0 aliphatic carbocycles. The van der Waals surface area contributed by atoms with E-state index in [1.807, 2.05) is 80.6 Å². The molecule has 1 aromatic heterocycles. The predicted octanol–water partition coefficient (Wildman–Crippen LogP) is 5.80. The lowest BCUT2D eigenvalue weighted by Gasteiger charge is -2.13. The molecule has 0 fully saturated rings. The molecular formula is C24H26N2O2. The minimum atomic E-state index is 0.0564. The van der Waals surface area contributed by atoms with Crippen molar-refractivity contribution in [2.45, 2.75) is 26.7 Å². The van der Waals surface area contributed by atoms with Crippen molar-refractivity contribution in [1.29, 1.82) is 0 Å². The molecule has 4 heteroatoms. The highest BCUT2D eigenvalue weighted by Gasteiger charge is 2.14. The Kier molecular flexibility index (Phi) is 6.43. The molecule has 0 aliphatic heterocycles. The molecule has 0 aliphatic rings. The van der Waals surface area contributed by atoms with Crippen LogP contribution in [0.5, 0.6) is 5.75 Å². The lowest BCUT2D eigenvalue weighted by molar-refractivity contribution is -0.120. The Morgan fingerprint density at radius 2 is 1.57 bits per heavy atom. The van der Waals surface area contributed by atoms with Gasteiger partial charge in [0.15, 0.2) is 0 Å². The average Bonchev–Trinajstić information content (AvgIpc) is 2.75. The Labute approximate surface area is 166 Å². The topological polar surface area (TPSA) is 51.2 Å². The fourth-order valence-corrected chi connectivity index (χ4v) is 3.17. The van der Waals surface area contributed by atoms with Gasteiger partial charge in [0.25, 0.3) is 0 Å². The Bertz CT molecular complexity index is 931. The third kappa shape index (κ3) is 4.58. The number of rotatable bonds is 7. The summed E-state index contributed by atoms with van der Waals surface area (Å²) in [6.45, 7) is 4.08. The van der Waals surface area contributed by atoms with E-state index in [-0.39, 0.29) is 11.8 Å². The zero-order chi connectivity index (χ0) is 19.9. The number of hydrogen-bond donors (Lipinski definition) is 1. The summed E-state index contributed by atoms with van der Waals surface area (Å²) in [6, 6.07) is 21.7. The number of methoxy groups -OCH3 is 1. The van der Waals surface area contributed by atoms with Crippen molar-refractivity contribution >= 4 is 11.6 Å². The van der Waals surface area contributed by atoms with Crippen LogP contribution in [0.3, 0.4) is 0 Å². The molecule has 2 aromatic carbocycles. The van der Waals surface area contributed by atoms with Crippen molar-refractivity contribution in [3.8, 4) is 28.3 Å². The van der Waals surface area contributed by atoms with Crippen molar-refractivity contribution in [3.05, 3.63) is 66.7 Å². The van der Waals surface area contributed by atoms with Gasteiger partial charge in [-0.3, -0.25) is 4.79 Å². The molecule has 3 rings (SSSR count). The van der Waals surface area contributed by atoms with E-state index < -0.39 is 0 Å². The Morgan fingerprint density at radius 1 is 0.929 bits per heavy atom. The number of carbonyl (C=O) groups is 1. The first-order chi connectivity index (χ1) is 13.6. The lowest BCUT2D eigenvalue weighted by Crippen LogP contribution is -2.21. The van der Waals surface area contributed by atoms with Gasteiger partial charge < -0.3 is 10.1 Å². The molecule has 0 spiro atoms. The fraction of sp³-hybridized carbons (Fsp3) is 0.250. The van der Waals surface area contributed by atoms with Crippen LogP contribution in [0.15, 0.2) is 66.7 Å². The maximum absolute atomic E-state index is 12.2. The molecule has 0 saturated carbocycles. The van der Waals surface area contributed by atoms with Gasteiger partial charge in [0.05, 0.1) is 18.5 Å². The number of carbonyl (C=O) groups excluding carboxylic acids is 1. The molecule has 0 saturated heterocycles. The lowest BCUT2D eigenvalue weighted by atomic mass is 10.0. The summed E-state index contributed by atoms with van der Waals surface area (Å²) >= 11 is 0. The molecule has 0 radical (unpaired) electrons. The number of hydrogen-bond acceptors (Lipinski definition) is 3. The van der Waals surface area contributed by atoms with E-state index in [1.165, 1.54) is 0 Å². The van der Waals surface area contributed by atoms with Crippen LogP contribution in [0.25, 0.3) is 22.5 Å². The monoisotopic (exact) mass is 374 g/mol. The van der Waals surface area contributed by atoms with Gasteiger partial charge in [0.1, 0.15) is 5.75 Å². The number of anilines is 1. The van der Waals surface area contributed by atoms with Gasteiger partial charge in [-0.25, -0.2) is 4.98 Å². The van der Waals surface area contributed by atoms with Crippen LogP contribution in [-0.2, 0) is 4.79 Å². The van der Waals surface area contributed by atoms with Crippen LogP contribution in [-0.4, -0.2) is 18.0 Å². The number of aromatic nitrogens is 1. The summed E-state index contributed by atoms with van der Waals surface area (Å²) < 4.78 is 5.31. The number of ether oxygens (including phenoxy) is 1. The zero-order valence-electron chi connectivity index (χ0n) is 16.6. The fourth-order valence-electron chi connectivity index (χ4n) is 3.17. The highest BCUT2D eigenvalue weighted by molar-refractivity contribution is 5.92. The molecule has 0 bridgehead atoms. The van der Waals surface area contributed by atoms with Gasteiger partial charge in [0, 0.05) is 22.7 Å². The maximum Gasteiger partial charge on any atom is 0.227 e. The molecule has 144 valence electrons. The standard InChI is InChI=1S/C24H26N2O2/c1-4-17(5-2)24(27)25-20-14-12-18(13-15-20)22-10-7-11-23(26-22)19-8-6-9-21(16-19)28-3/h6-17H,4-5H2,1-3H3,(H,25,27). The molecule has 0 unspecified atom stereocenters. The van der Waals surface area contributed by atoms with Crippen LogP contribution in [0.2, 0.25) is 0 Å². The molecular weight excluding hydrogens is 348 g/mol. The van der Waals surface area contributed by atoms with Gasteiger partial charge in [-0.15, -0.1) is 0 Å². The van der Waals surface area contributed by atoms with E-state index in [1.54, 1.807) is 7.11 Å². The zero-order valence-corrected chi connectivity index (χ0v) is 16.6. The molecule has 1 N–H and O–H groups in total. The quantitative estimate of drug-likeness (QED) is 0.569. The summed E-state index contributed by atoms with van der Waals surface area (Å²) in [6.07, 6.45) is 1.70. The minimum Gasteiger partial charge on any atom is -0.497 e. The smallest absolute Gasteiger partial charge is 0.227 e. The molecule has 28 heavy (non-hydrogen) atoms. The molecule has 4 nitrogen and oxygen atoms in total. The SMILES string of the molecule is CCC(CC)C(=O)Nc1ccc(-c2cccc(-c3cccc(OC)c3)n2)cc1. The largest absolute Gasteiger partial charge is 0.497 e. The van der Waals surface area contributed by atoms with Crippen LogP contribution >= 0.6 is 0 Å². The van der Waals surface area contributed by atoms with Crippen molar-refractivity contribution in [1.82, 2.24) is 4.98 Å². The van der Waals surface area contributed by atoms with Crippen molar-refractivity contribution < 1.29 is 9.53 Å². The number of nitrogens with zero attached hydrogens (tertiary/aromatic N) is 1. The number of pyridine rings is 1. The van der Waals surface area contributed by atoms with Gasteiger partial charge >= 0.3 is 0 Å². The third-order valence-corrected chi connectivity index (χ3v) is 4.92. The van der Waals surface area contributed by atoms with Gasteiger partial charge in [0.2, 0.25) is 5.91 Å². The second-order valence-electron chi connectivity index (χ2n) is 6.72. The van der Waals surface area contributed by atoms with Crippen LogP contribution in [0.1, 0.15) is 26.7 Å². The van der Waals surface area contributed by atoms with E-state index in [2.05, 4.69) is 5.32 Å². The van der Waals surface area contributed by atoms with Crippen LogP contribution < -0.4 is 10.1 Å². The van der Waals surface area contributed by atoms with Crippen LogP contribution in [0, 0.1) is 5.92 Å². The first-order valence-electron chi connectivity index (χ1n) is 9.67. The Morgan fingerprint density at radius 3 is 2.21 bits per heavy atom.